The minimum atomic E-state index is 0.743. The van der Waals surface area contributed by atoms with E-state index in [0.29, 0.717) is 0 Å². The lowest BCUT2D eigenvalue weighted by Gasteiger charge is -2.09. The number of nitrogen functional groups attached to an aromatic ring is 4. The van der Waals surface area contributed by atoms with Gasteiger partial charge in [-0.25, -0.2) is 0 Å². The van der Waals surface area contributed by atoms with E-state index in [9.17, 15) is 0 Å². The standard InChI is InChI=1S/C15H20N4/c16-12-4-6-14(18)10(8-12)2-1-3-11-9-13(17)5-7-15(11)19/h4-9H,1-3,16-19H2. The van der Waals surface area contributed by atoms with Crippen LogP contribution in [0.4, 0.5) is 22.7 Å². The van der Waals surface area contributed by atoms with Gasteiger partial charge in [-0.05, 0) is 66.8 Å². The molecule has 2 rings (SSSR count). The van der Waals surface area contributed by atoms with Crippen molar-refractivity contribution in [2.45, 2.75) is 19.3 Å². The molecule has 4 nitrogen and oxygen atoms in total. The summed E-state index contributed by atoms with van der Waals surface area (Å²) >= 11 is 0. The molecule has 2 aromatic carbocycles. The highest BCUT2D eigenvalue weighted by atomic mass is 14.6. The van der Waals surface area contributed by atoms with Crippen molar-refractivity contribution < 1.29 is 0 Å². The molecule has 0 atom stereocenters. The van der Waals surface area contributed by atoms with Crippen LogP contribution >= 0.6 is 0 Å². The van der Waals surface area contributed by atoms with E-state index in [2.05, 4.69) is 0 Å². The third-order valence-corrected chi connectivity index (χ3v) is 3.23. The Hall–Kier alpha value is -2.36. The van der Waals surface area contributed by atoms with E-state index in [4.69, 9.17) is 22.9 Å². The fourth-order valence-electron chi connectivity index (χ4n) is 2.15. The molecule has 0 aromatic heterocycles. The van der Waals surface area contributed by atoms with Crippen molar-refractivity contribution in [1.82, 2.24) is 0 Å². The van der Waals surface area contributed by atoms with Gasteiger partial charge in [-0.2, -0.15) is 0 Å². The lowest BCUT2D eigenvalue weighted by atomic mass is 10.0. The molecule has 19 heavy (non-hydrogen) atoms. The highest BCUT2D eigenvalue weighted by Crippen LogP contribution is 2.21. The lowest BCUT2D eigenvalue weighted by Crippen LogP contribution is -2.00. The van der Waals surface area contributed by atoms with Crippen LogP contribution in [0.3, 0.4) is 0 Å². The molecular formula is C15H20N4. The SMILES string of the molecule is Nc1ccc(N)c(CCCc2cc(N)ccc2N)c1. The molecule has 100 valence electrons. The Morgan fingerprint density at radius 3 is 1.47 bits per heavy atom. The molecule has 0 aliphatic carbocycles. The van der Waals surface area contributed by atoms with Gasteiger partial charge >= 0.3 is 0 Å². The van der Waals surface area contributed by atoms with Crippen molar-refractivity contribution in [2.75, 3.05) is 22.9 Å². The smallest absolute Gasteiger partial charge is 0.0348 e. The number of aryl methyl sites for hydroxylation is 2. The van der Waals surface area contributed by atoms with Gasteiger partial charge in [0.25, 0.3) is 0 Å². The lowest BCUT2D eigenvalue weighted by molar-refractivity contribution is 0.824. The molecule has 0 heterocycles. The van der Waals surface area contributed by atoms with Gasteiger partial charge in [0.1, 0.15) is 0 Å². The van der Waals surface area contributed by atoms with Gasteiger partial charge in [-0.15, -0.1) is 0 Å². The van der Waals surface area contributed by atoms with Crippen LogP contribution in [0.5, 0.6) is 0 Å². The van der Waals surface area contributed by atoms with Gasteiger partial charge in [0, 0.05) is 22.7 Å². The van der Waals surface area contributed by atoms with Crippen LogP contribution in [0.25, 0.3) is 0 Å². The third-order valence-electron chi connectivity index (χ3n) is 3.23. The minimum absolute atomic E-state index is 0.743. The number of nitrogens with two attached hydrogens (primary N) is 4. The summed E-state index contributed by atoms with van der Waals surface area (Å²) in [4.78, 5) is 0. The molecule has 0 bridgehead atoms. The predicted molar refractivity (Wildman–Crippen MR) is 82.6 cm³/mol. The van der Waals surface area contributed by atoms with Gasteiger partial charge in [-0.1, -0.05) is 0 Å². The van der Waals surface area contributed by atoms with Crippen LogP contribution in [-0.4, -0.2) is 0 Å². The van der Waals surface area contributed by atoms with Crippen molar-refractivity contribution >= 4 is 22.7 Å². The van der Waals surface area contributed by atoms with E-state index in [1.165, 1.54) is 0 Å². The number of rotatable bonds is 4. The van der Waals surface area contributed by atoms with Crippen molar-refractivity contribution in [1.29, 1.82) is 0 Å². The van der Waals surface area contributed by atoms with Crippen LogP contribution in [0.15, 0.2) is 36.4 Å². The van der Waals surface area contributed by atoms with Crippen molar-refractivity contribution in [3.05, 3.63) is 47.5 Å². The molecule has 0 fully saturated rings. The average Bonchev–Trinajstić information content (AvgIpc) is 2.38. The molecule has 0 spiro atoms. The van der Waals surface area contributed by atoms with Gasteiger partial charge < -0.3 is 22.9 Å². The summed E-state index contributed by atoms with van der Waals surface area (Å²) in [6.07, 6.45) is 2.72. The zero-order valence-electron chi connectivity index (χ0n) is 10.9. The first-order valence-electron chi connectivity index (χ1n) is 6.34. The second-order valence-corrected chi connectivity index (χ2v) is 4.77. The summed E-state index contributed by atoms with van der Waals surface area (Å²) in [6, 6.07) is 11.2. The van der Waals surface area contributed by atoms with Crippen LogP contribution in [-0.2, 0) is 12.8 Å². The van der Waals surface area contributed by atoms with Crippen molar-refractivity contribution in [3.63, 3.8) is 0 Å². The number of hydrogen-bond donors (Lipinski definition) is 4. The molecule has 8 N–H and O–H groups in total. The Morgan fingerprint density at radius 1 is 0.632 bits per heavy atom. The quantitative estimate of drug-likeness (QED) is 0.629. The van der Waals surface area contributed by atoms with E-state index < -0.39 is 0 Å². The summed E-state index contributed by atoms with van der Waals surface area (Å²) < 4.78 is 0. The second-order valence-electron chi connectivity index (χ2n) is 4.77. The molecule has 0 amide bonds. The molecule has 0 aliphatic rings. The Labute approximate surface area is 113 Å². The second kappa shape index (κ2) is 5.52. The average molecular weight is 256 g/mol. The molecule has 0 unspecified atom stereocenters. The van der Waals surface area contributed by atoms with E-state index in [0.717, 1.165) is 53.1 Å². The van der Waals surface area contributed by atoms with Crippen LogP contribution in [0, 0.1) is 0 Å². The zero-order chi connectivity index (χ0) is 13.8. The van der Waals surface area contributed by atoms with Gasteiger partial charge in [0.05, 0.1) is 0 Å². The van der Waals surface area contributed by atoms with E-state index in [-0.39, 0.29) is 0 Å². The largest absolute Gasteiger partial charge is 0.399 e. The predicted octanol–water partition coefficient (Wildman–Crippen LogP) is 2.19. The molecular weight excluding hydrogens is 236 g/mol. The van der Waals surface area contributed by atoms with Crippen LogP contribution in [0.1, 0.15) is 17.5 Å². The fourth-order valence-corrected chi connectivity index (χ4v) is 2.15. The zero-order valence-corrected chi connectivity index (χ0v) is 10.9. The fraction of sp³-hybridized carbons (Fsp3) is 0.200. The Balaban J connectivity index is 2.00. The highest BCUT2D eigenvalue weighted by Gasteiger charge is 2.03. The first-order chi connectivity index (χ1) is 9.06. The summed E-state index contributed by atoms with van der Waals surface area (Å²) in [7, 11) is 0. The van der Waals surface area contributed by atoms with Gasteiger partial charge in [0.2, 0.25) is 0 Å². The first-order valence-corrected chi connectivity index (χ1v) is 6.34. The maximum absolute atomic E-state index is 5.92. The van der Waals surface area contributed by atoms with Crippen LogP contribution in [0.2, 0.25) is 0 Å². The summed E-state index contributed by atoms with van der Waals surface area (Å²) in [5, 5.41) is 0. The van der Waals surface area contributed by atoms with E-state index in [1.54, 1.807) is 0 Å². The normalized spacial score (nSPS) is 10.5. The van der Waals surface area contributed by atoms with Gasteiger partial charge in [0.15, 0.2) is 0 Å². The molecule has 0 radical (unpaired) electrons. The van der Waals surface area contributed by atoms with Crippen LogP contribution < -0.4 is 22.9 Å². The Bertz CT molecular complexity index is 527. The molecule has 2 aromatic rings. The topological polar surface area (TPSA) is 104 Å². The van der Waals surface area contributed by atoms with Gasteiger partial charge in [-0.3, -0.25) is 0 Å². The van der Waals surface area contributed by atoms with E-state index in [1.807, 2.05) is 36.4 Å². The number of benzene rings is 2. The summed E-state index contributed by atoms with van der Waals surface area (Å²) in [5.41, 5.74) is 28.6. The molecule has 0 aliphatic heterocycles. The van der Waals surface area contributed by atoms with Crippen molar-refractivity contribution in [2.24, 2.45) is 0 Å². The molecule has 0 saturated carbocycles. The van der Waals surface area contributed by atoms with Crippen molar-refractivity contribution in [3.8, 4) is 0 Å². The first kappa shape index (κ1) is 13.1. The maximum Gasteiger partial charge on any atom is 0.0348 e. The third kappa shape index (κ3) is 3.31. The maximum atomic E-state index is 5.92. The molecule has 4 heteroatoms. The van der Waals surface area contributed by atoms with E-state index >= 15 is 0 Å². The highest BCUT2D eigenvalue weighted by molar-refractivity contribution is 5.56. The monoisotopic (exact) mass is 256 g/mol. The summed E-state index contributed by atoms with van der Waals surface area (Å²) in [6.45, 7) is 0. The Morgan fingerprint density at radius 2 is 1.05 bits per heavy atom. The number of anilines is 4. The minimum Gasteiger partial charge on any atom is -0.399 e. The number of hydrogen-bond acceptors (Lipinski definition) is 4. The Kier molecular flexibility index (Phi) is 3.80. The molecule has 0 saturated heterocycles. The summed E-state index contributed by atoms with van der Waals surface area (Å²) in [5.74, 6) is 0.